The molecule has 0 spiro atoms. The summed E-state index contributed by atoms with van der Waals surface area (Å²) < 4.78 is 0. The number of unbranched alkanes of at least 4 members (excludes halogenated alkanes) is 3. The van der Waals surface area contributed by atoms with Crippen molar-refractivity contribution in [2.45, 2.75) is 38.5 Å². The van der Waals surface area contributed by atoms with E-state index in [1.54, 1.807) is 0 Å². The Morgan fingerprint density at radius 2 is 1.80 bits per heavy atom. The standard InChI is InChI=1S/C11H23NO2S/c1-15-10-6-2-4-8-12-9-5-3-7-11(13)14/h12H,2-10H2,1H3,(H,13,14). The second-order valence-corrected chi connectivity index (χ2v) is 4.64. The molecule has 0 saturated heterocycles. The zero-order valence-corrected chi connectivity index (χ0v) is 10.4. The molecule has 0 aromatic rings. The Balaban J connectivity index is 2.89. The van der Waals surface area contributed by atoms with Crippen LogP contribution in [0.3, 0.4) is 0 Å². The van der Waals surface area contributed by atoms with Crippen LogP contribution in [0.1, 0.15) is 38.5 Å². The van der Waals surface area contributed by atoms with Crippen molar-refractivity contribution in [1.82, 2.24) is 5.32 Å². The van der Waals surface area contributed by atoms with Crippen LogP contribution in [0.4, 0.5) is 0 Å². The Hall–Kier alpha value is -0.220. The van der Waals surface area contributed by atoms with Crippen molar-refractivity contribution in [3.05, 3.63) is 0 Å². The van der Waals surface area contributed by atoms with Crippen molar-refractivity contribution >= 4 is 17.7 Å². The summed E-state index contributed by atoms with van der Waals surface area (Å²) in [6.07, 6.45) is 8.03. The Kier molecular flexibility index (Phi) is 11.7. The third-order valence-corrected chi connectivity index (χ3v) is 2.89. The number of hydrogen-bond acceptors (Lipinski definition) is 3. The molecular weight excluding hydrogens is 210 g/mol. The fourth-order valence-electron chi connectivity index (χ4n) is 1.32. The summed E-state index contributed by atoms with van der Waals surface area (Å²) in [4.78, 5) is 10.2. The number of hydrogen-bond donors (Lipinski definition) is 2. The van der Waals surface area contributed by atoms with Gasteiger partial charge in [-0.3, -0.25) is 4.79 Å². The van der Waals surface area contributed by atoms with E-state index >= 15 is 0 Å². The summed E-state index contributed by atoms with van der Waals surface area (Å²) >= 11 is 1.90. The summed E-state index contributed by atoms with van der Waals surface area (Å²) in [6.45, 7) is 2.03. The van der Waals surface area contributed by atoms with Gasteiger partial charge < -0.3 is 10.4 Å². The van der Waals surface area contributed by atoms with Crippen molar-refractivity contribution in [3.63, 3.8) is 0 Å². The highest BCUT2D eigenvalue weighted by Gasteiger charge is 1.95. The first-order valence-electron chi connectivity index (χ1n) is 5.69. The van der Waals surface area contributed by atoms with Gasteiger partial charge in [-0.2, -0.15) is 11.8 Å². The molecule has 4 heteroatoms. The third kappa shape index (κ3) is 13.8. The molecule has 0 aliphatic carbocycles. The zero-order chi connectivity index (χ0) is 11.4. The van der Waals surface area contributed by atoms with Gasteiger partial charge in [0.25, 0.3) is 0 Å². The van der Waals surface area contributed by atoms with E-state index in [-0.39, 0.29) is 0 Å². The van der Waals surface area contributed by atoms with Crippen molar-refractivity contribution < 1.29 is 9.90 Å². The van der Waals surface area contributed by atoms with Gasteiger partial charge in [0.05, 0.1) is 0 Å². The lowest BCUT2D eigenvalue weighted by Crippen LogP contribution is -2.16. The average Bonchev–Trinajstić information content (AvgIpc) is 2.20. The molecule has 0 aromatic heterocycles. The lowest BCUT2D eigenvalue weighted by atomic mass is 10.2. The molecule has 0 aliphatic rings. The van der Waals surface area contributed by atoms with Gasteiger partial charge in [-0.05, 0) is 50.8 Å². The first-order valence-corrected chi connectivity index (χ1v) is 7.08. The Morgan fingerprint density at radius 1 is 1.13 bits per heavy atom. The molecule has 0 radical (unpaired) electrons. The molecule has 90 valence electrons. The maximum Gasteiger partial charge on any atom is 0.303 e. The monoisotopic (exact) mass is 233 g/mol. The minimum absolute atomic E-state index is 0.301. The molecule has 0 heterocycles. The van der Waals surface area contributed by atoms with E-state index in [1.165, 1.54) is 25.0 Å². The number of aliphatic carboxylic acids is 1. The van der Waals surface area contributed by atoms with E-state index in [0.717, 1.165) is 25.9 Å². The first kappa shape index (κ1) is 14.8. The van der Waals surface area contributed by atoms with Crippen LogP contribution in [-0.2, 0) is 4.79 Å². The second-order valence-electron chi connectivity index (χ2n) is 3.65. The lowest BCUT2D eigenvalue weighted by molar-refractivity contribution is -0.137. The normalized spacial score (nSPS) is 10.5. The maximum atomic E-state index is 10.2. The summed E-state index contributed by atoms with van der Waals surface area (Å²) in [5.41, 5.74) is 0. The minimum Gasteiger partial charge on any atom is -0.481 e. The van der Waals surface area contributed by atoms with Crippen LogP contribution in [0.25, 0.3) is 0 Å². The third-order valence-electron chi connectivity index (χ3n) is 2.20. The molecule has 0 unspecified atom stereocenters. The van der Waals surface area contributed by atoms with Crippen molar-refractivity contribution in [3.8, 4) is 0 Å². The summed E-state index contributed by atoms with van der Waals surface area (Å²) in [5.74, 6) is 0.575. The highest BCUT2D eigenvalue weighted by atomic mass is 32.2. The van der Waals surface area contributed by atoms with Gasteiger partial charge in [-0.25, -0.2) is 0 Å². The number of carboxylic acid groups (broad SMARTS) is 1. The number of carbonyl (C=O) groups is 1. The fraction of sp³-hybridized carbons (Fsp3) is 0.909. The van der Waals surface area contributed by atoms with Gasteiger partial charge in [-0.1, -0.05) is 6.42 Å². The number of nitrogens with one attached hydrogen (secondary N) is 1. The predicted molar refractivity (Wildman–Crippen MR) is 66.6 cm³/mol. The molecule has 2 N–H and O–H groups in total. The topological polar surface area (TPSA) is 49.3 Å². The van der Waals surface area contributed by atoms with E-state index in [4.69, 9.17) is 5.11 Å². The molecule has 0 fully saturated rings. The molecule has 0 saturated carbocycles. The van der Waals surface area contributed by atoms with E-state index in [9.17, 15) is 4.79 Å². The number of rotatable bonds is 11. The largest absolute Gasteiger partial charge is 0.481 e. The molecule has 0 bridgehead atoms. The molecule has 0 amide bonds. The highest BCUT2D eigenvalue weighted by molar-refractivity contribution is 7.98. The van der Waals surface area contributed by atoms with Crippen LogP contribution < -0.4 is 5.32 Å². The quantitative estimate of drug-likeness (QED) is 0.538. The van der Waals surface area contributed by atoms with E-state index in [0.29, 0.717) is 6.42 Å². The second kappa shape index (κ2) is 11.9. The van der Waals surface area contributed by atoms with Gasteiger partial charge in [-0.15, -0.1) is 0 Å². The molecule has 0 aliphatic heterocycles. The SMILES string of the molecule is CSCCCCCNCCCCC(=O)O. The van der Waals surface area contributed by atoms with Gasteiger partial charge in [0.1, 0.15) is 0 Å². The van der Waals surface area contributed by atoms with Crippen LogP contribution in [-0.4, -0.2) is 36.2 Å². The van der Waals surface area contributed by atoms with E-state index in [2.05, 4.69) is 11.6 Å². The van der Waals surface area contributed by atoms with Crippen LogP contribution in [0, 0.1) is 0 Å². The number of carboxylic acids is 1. The predicted octanol–water partition coefficient (Wildman–Crippen LogP) is 2.36. The molecule has 3 nitrogen and oxygen atoms in total. The zero-order valence-electron chi connectivity index (χ0n) is 9.63. The molecule has 0 atom stereocenters. The summed E-state index contributed by atoms with van der Waals surface area (Å²) in [5, 5.41) is 11.8. The van der Waals surface area contributed by atoms with Gasteiger partial charge >= 0.3 is 5.97 Å². The molecule has 0 rings (SSSR count). The smallest absolute Gasteiger partial charge is 0.303 e. The van der Waals surface area contributed by atoms with Crippen LogP contribution in [0.15, 0.2) is 0 Å². The number of thioether (sulfide) groups is 1. The van der Waals surface area contributed by atoms with Crippen molar-refractivity contribution in [1.29, 1.82) is 0 Å². The first-order chi connectivity index (χ1) is 7.27. The van der Waals surface area contributed by atoms with Crippen molar-refractivity contribution in [2.24, 2.45) is 0 Å². The molecular formula is C11H23NO2S. The van der Waals surface area contributed by atoms with Crippen molar-refractivity contribution in [2.75, 3.05) is 25.1 Å². The summed E-state index contributed by atoms with van der Waals surface area (Å²) in [7, 11) is 0. The molecule has 0 aromatic carbocycles. The highest BCUT2D eigenvalue weighted by Crippen LogP contribution is 2.01. The lowest BCUT2D eigenvalue weighted by Gasteiger charge is -2.03. The minimum atomic E-state index is -0.688. The van der Waals surface area contributed by atoms with Gasteiger partial charge in [0, 0.05) is 6.42 Å². The Bertz CT molecular complexity index is 154. The van der Waals surface area contributed by atoms with Gasteiger partial charge in [0.2, 0.25) is 0 Å². The van der Waals surface area contributed by atoms with E-state index in [1.807, 2.05) is 11.8 Å². The average molecular weight is 233 g/mol. The Morgan fingerprint density at radius 3 is 2.40 bits per heavy atom. The van der Waals surface area contributed by atoms with Crippen LogP contribution in [0.5, 0.6) is 0 Å². The molecule has 15 heavy (non-hydrogen) atoms. The van der Waals surface area contributed by atoms with E-state index < -0.39 is 5.97 Å². The van der Waals surface area contributed by atoms with Crippen LogP contribution in [0.2, 0.25) is 0 Å². The van der Waals surface area contributed by atoms with Gasteiger partial charge in [0.15, 0.2) is 0 Å². The fourth-order valence-corrected chi connectivity index (χ4v) is 1.82. The summed E-state index contributed by atoms with van der Waals surface area (Å²) in [6, 6.07) is 0. The Labute approximate surface area is 97.0 Å². The van der Waals surface area contributed by atoms with Crippen LogP contribution >= 0.6 is 11.8 Å². The maximum absolute atomic E-state index is 10.2.